The van der Waals surface area contributed by atoms with E-state index in [0.29, 0.717) is 6.10 Å². The lowest BCUT2D eigenvalue weighted by molar-refractivity contribution is 0.241. The molecular weight excluding hydrogens is 152 g/mol. The van der Waals surface area contributed by atoms with Crippen LogP contribution < -0.4 is 0 Å². The monoisotopic (exact) mass is 172 g/mol. The second kappa shape index (κ2) is 4.83. The Morgan fingerprint density at radius 3 is 2.50 bits per heavy atom. The van der Waals surface area contributed by atoms with Crippen molar-refractivity contribution >= 4 is 0 Å². The van der Waals surface area contributed by atoms with E-state index < -0.39 is 0 Å². The van der Waals surface area contributed by atoms with Crippen LogP contribution in [0.1, 0.15) is 39.5 Å². The first-order chi connectivity index (χ1) is 5.74. The van der Waals surface area contributed by atoms with E-state index in [0.717, 1.165) is 12.3 Å². The predicted molar refractivity (Wildman–Crippen MR) is 49.1 cm³/mol. The van der Waals surface area contributed by atoms with E-state index in [4.69, 9.17) is 9.84 Å². The van der Waals surface area contributed by atoms with Gasteiger partial charge in [-0.15, -0.1) is 0 Å². The van der Waals surface area contributed by atoms with E-state index in [-0.39, 0.29) is 12.7 Å². The van der Waals surface area contributed by atoms with Crippen LogP contribution in [0.4, 0.5) is 0 Å². The maximum absolute atomic E-state index is 8.70. The average molecular weight is 172 g/mol. The highest BCUT2D eigenvalue weighted by atomic mass is 16.6. The number of hydrogen-bond acceptors (Lipinski definition) is 2. The predicted octanol–water partition coefficient (Wildman–Crippen LogP) is 1.96. The Morgan fingerprint density at radius 2 is 2.00 bits per heavy atom. The Morgan fingerprint density at radius 1 is 1.25 bits per heavy atom. The lowest BCUT2D eigenvalue weighted by atomic mass is 10.0. The minimum atomic E-state index is 0.170. The van der Waals surface area contributed by atoms with E-state index in [9.17, 15) is 0 Å². The summed E-state index contributed by atoms with van der Waals surface area (Å²) in [4.78, 5) is 0. The average Bonchev–Trinajstić information content (AvgIpc) is 2.76. The molecule has 1 rings (SSSR count). The molecule has 2 nitrogen and oxygen atoms in total. The maximum atomic E-state index is 8.70. The van der Waals surface area contributed by atoms with Gasteiger partial charge >= 0.3 is 0 Å². The molecule has 0 unspecified atom stereocenters. The fourth-order valence-electron chi connectivity index (χ4n) is 1.49. The minimum absolute atomic E-state index is 0.170. The van der Waals surface area contributed by atoms with Crippen molar-refractivity contribution < 1.29 is 9.84 Å². The quantitative estimate of drug-likeness (QED) is 0.490. The number of epoxide rings is 1. The number of unbranched alkanes of at least 4 members (excludes halogenated alkanes) is 1. The Labute approximate surface area is 74.9 Å². The SMILES string of the molecule is CC(C)CCCC[C@@H]1O[C@H]1CO. The first-order valence-electron chi connectivity index (χ1n) is 5.00. The Bertz CT molecular complexity index is 123. The maximum Gasteiger partial charge on any atom is 0.107 e. The molecule has 1 saturated heterocycles. The number of rotatable bonds is 6. The molecule has 1 fully saturated rings. The summed E-state index contributed by atoms with van der Waals surface area (Å²) in [6, 6.07) is 0. The third-order valence-electron chi connectivity index (χ3n) is 2.39. The van der Waals surface area contributed by atoms with E-state index in [1.54, 1.807) is 0 Å². The van der Waals surface area contributed by atoms with Crippen LogP contribution in [0, 0.1) is 5.92 Å². The van der Waals surface area contributed by atoms with Crippen LogP contribution in [0.3, 0.4) is 0 Å². The lowest BCUT2D eigenvalue weighted by Gasteiger charge is -2.02. The summed E-state index contributed by atoms with van der Waals surface area (Å²) in [5.74, 6) is 0.818. The van der Waals surface area contributed by atoms with Gasteiger partial charge in [0.05, 0.1) is 12.7 Å². The molecule has 0 aromatic carbocycles. The van der Waals surface area contributed by atoms with Crippen molar-refractivity contribution in [1.82, 2.24) is 0 Å². The molecule has 1 aliphatic heterocycles. The molecule has 0 aliphatic carbocycles. The fourth-order valence-corrected chi connectivity index (χ4v) is 1.49. The molecule has 2 atom stereocenters. The molecule has 72 valence electrons. The van der Waals surface area contributed by atoms with Crippen molar-refractivity contribution in [2.24, 2.45) is 5.92 Å². The van der Waals surface area contributed by atoms with Crippen molar-refractivity contribution in [3.63, 3.8) is 0 Å². The fraction of sp³-hybridized carbons (Fsp3) is 1.00. The third-order valence-corrected chi connectivity index (χ3v) is 2.39. The number of aliphatic hydroxyl groups is 1. The molecule has 0 amide bonds. The Balaban J connectivity index is 1.84. The lowest BCUT2D eigenvalue weighted by Crippen LogP contribution is -1.99. The third kappa shape index (κ3) is 3.55. The van der Waals surface area contributed by atoms with E-state index in [1.165, 1.54) is 19.3 Å². The summed E-state index contributed by atoms with van der Waals surface area (Å²) in [5.41, 5.74) is 0. The van der Waals surface area contributed by atoms with E-state index in [2.05, 4.69) is 13.8 Å². The zero-order valence-corrected chi connectivity index (χ0v) is 8.12. The van der Waals surface area contributed by atoms with Crippen LogP contribution in [0.5, 0.6) is 0 Å². The first-order valence-corrected chi connectivity index (χ1v) is 5.00. The summed E-state index contributed by atoms with van der Waals surface area (Å²) in [7, 11) is 0. The van der Waals surface area contributed by atoms with Gasteiger partial charge in [-0.2, -0.15) is 0 Å². The first kappa shape index (κ1) is 10.0. The number of hydrogen-bond donors (Lipinski definition) is 1. The molecular formula is C10H20O2. The second-order valence-corrected chi connectivity index (χ2v) is 4.07. The summed E-state index contributed by atoms with van der Waals surface area (Å²) in [6.45, 7) is 4.71. The summed E-state index contributed by atoms with van der Waals surface area (Å²) >= 11 is 0. The van der Waals surface area contributed by atoms with Gasteiger partial charge in [-0.25, -0.2) is 0 Å². The van der Waals surface area contributed by atoms with Crippen molar-refractivity contribution in [1.29, 1.82) is 0 Å². The topological polar surface area (TPSA) is 32.8 Å². The summed E-state index contributed by atoms with van der Waals surface area (Å²) in [5, 5.41) is 8.70. The Kier molecular flexibility index (Phi) is 4.02. The van der Waals surface area contributed by atoms with Gasteiger partial charge in [0, 0.05) is 0 Å². The molecule has 1 N–H and O–H groups in total. The van der Waals surface area contributed by atoms with Gasteiger partial charge in [0.25, 0.3) is 0 Å². The van der Waals surface area contributed by atoms with Gasteiger partial charge < -0.3 is 9.84 Å². The van der Waals surface area contributed by atoms with Crippen molar-refractivity contribution in [2.45, 2.75) is 51.7 Å². The smallest absolute Gasteiger partial charge is 0.107 e. The zero-order chi connectivity index (χ0) is 8.97. The van der Waals surface area contributed by atoms with Gasteiger partial charge in [0.1, 0.15) is 6.10 Å². The molecule has 0 radical (unpaired) electrons. The number of aliphatic hydroxyl groups excluding tert-OH is 1. The van der Waals surface area contributed by atoms with Crippen LogP contribution in [0.25, 0.3) is 0 Å². The molecule has 1 aliphatic rings. The van der Waals surface area contributed by atoms with Crippen molar-refractivity contribution in [3.05, 3.63) is 0 Å². The molecule has 2 heteroatoms. The van der Waals surface area contributed by atoms with Gasteiger partial charge in [-0.05, 0) is 12.3 Å². The molecule has 0 saturated carbocycles. The number of ether oxygens (including phenoxy) is 1. The van der Waals surface area contributed by atoms with Crippen molar-refractivity contribution in [3.8, 4) is 0 Å². The highest BCUT2D eigenvalue weighted by Crippen LogP contribution is 2.26. The summed E-state index contributed by atoms with van der Waals surface area (Å²) in [6.07, 6.45) is 5.55. The van der Waals surface area contributed by atoms with Gasteiger partial charge in [-0.3, -0.25) is 0 Å². The van der Waals surface area contributed by atoms with Crippen LogP contribution >= 0.6 is 0 Å². The van der Waals surface area contributed by atoms with Crippen LogP contribution in [-0.4, -0.2) is 23.9 Å². The van der Waals surface area contributed by atoms with Gasteiger partial charge in [0.15, 0.2) is 0 Å². The largest absolute Gasteiger partial charge is 0.394 e. The zero-order valence-electron chi connectivity index (χ0n) is 8.12. The van der Waals surface area contributed by atoms with E-state index in [1.807, 2.05) is 0 Å². The van der Waals surface area contributed by atoms with Crippen molar-refractivity contribution in [2.75, 3.05) is 6.61 Å². The summed E-state index contributed by atoms with van der Waals surface area (Å²) < 4.78 is 5.22. The highest BCUT2D eigenvalue weighted by molar-refractivity contribution is 4.83. The molecule has 0 aromatic rings. The second-order valence-electron chi connectivity index (χ2n) is 4.07. The standard InChI is InChI=1S/C10H20O2/c1-8(2)5-3-4-6-9-10(7-11)12-9/h8-11H,3-7H2,1-2H3/t9-,10-/m0/s1. The van der Waals surface area contributed by atoms with E-state index >= 15 is 0 Å². The minimum Gasteiger partial charge on any atom is -0.394 e. The van der Waals surface area contributed by atoms with Crippen LogP contribution in [0.15, 0.2) is 0 Å². The molecule has 0 bridgehead atoms. The molecule has 1 heterocycles. The molecule has 0 spiro atoms. The molecule has 0 aromatic heterocycles. The Hall–Kier alpha value is -0.0800. The van der Waals surface area contributed by atoms with Crippen LogP contribution in [-0.2, 0) is 4.74 Å². The van der Waals surface area contributed by atoms with Gasteiger partial charge in [-0.1, -0.05) is 33.1 Å². The van der Waals surface area contributed by atoms with Gasteiger partial charge in [0.2, 0.25) is 0 Å². The normalized spacial score (nSPS) is 28.0. The highest BCUT2D eigenvalue weighted by Gasteiger charge is 2.36. The molecule has 12 heavy (non-hydrogen) atoms. The van der Waals surface area contributed by atoms with Crippen LogP contribution in [0.2, 0.25) is 0 Å².